The second kappa shape index (κ2) is 7.73. The lowest BCUT2D eigenvalue weighted by atomic mass is 9.93. The Labute approximate surface area is 150 Å². The van der Waals surface area contributed by atoms with Crippen LogP contribution in [0.25, 0.3) is 11.1 Å². The van der Waals surface area contributed by atoms with Crippen LogP contribution in [0.5, 0.6) is 17.2 Å². The van der Waals surface area contributed by atoms with E-state index in [2.05, 4.69) is 0 Å². The first-order valence-electron chi connectivity index (χ1n) is 7.56. The van der Waals surface area contributed by atoms with Gasteiger partial charge < -0.3 is 18.9 Å². The van der Waals surface area contributed by atoms with Gasteiger partial charge in [0.15, 0.2) is 11.5 Å². The molecule has 0 bridgehead atoms. The second-order valence-electron chi connectivity index (χ2n) is 5.26. The third kappa shape index (κ3) is 3.13. The summed E-state index contributed by atoms with van der Waals surface area (Å²) >= 11 is 0. The molecule has 0 aromatic heterocycles. The molecule has 0 aliphatic carbocycles. The van der Waals surface area contributed by atoms with E-state index in [4.69, 9.17) is 18.9 Å². The predicted octanol–water partition coefficient (Wildman–Crippen LogP) is 3.38. The van der Waals surface area contributed by atoms with Gasteiger partial charge in [0.1, 0.15) is 5.75 Å². The van der Waals surface area contributed by atoms with E-state index in [-0.39, 0.29) is 16.8 Å². The monoisotopic (exact) mass is 361 g/mol. The number of carbonyl (C=O) groups excluding carboxylic acids is 1. The van der Waals surface area contributed by atoms with Crippen molar-refractivity contribution in [2.75, 3.05) is 28.4 Å². The minimum atomic E-state index is -0.701. The van der Waals surface area contributed by atoms with Crippen molar-refractivity contribution in [1.82, 2.24) is 0 Å². The fraction of sp³-hybridized carbons (Fsp3) is 0.278. The van der Waals surface area contributed by atoms with Gasteiger partial charge >= 0.3 is 5.97 Å². The van der Waals surface area contributed by atoms with Gasteiger partial charge in [0.25, 0.3) is 5.69 Å². The van der Waals surface area contributed by atoms with Crippen LogP contribution >= 0.6 is 0 Å². The highest BCUT2D eigenvalue weighted by molar-refractivity contribution is 6.02. The van der Waals surface area contributed by atoms with E-state index < -0.39 is 10.9 Å². The summed E-state index contributed by atoms with van der Waals surface area (Å²) in [6.45, 7) is 1.49. The van der Waals surface area contributed by atoms with Crippen LogP contribution in [0, 0.1) is 17.0 Å². The van der Waals surface area contributed by atoms with Crippen LogP contribution in [0.3, 0.4) is 0 Å². The van der Waals surface area contributed by atoms with Crippen LogP contribution in [0.2, 0.25) is 0 Å². The highest BCUT2D eigenvalue weighted by Gasteiger charge is 2.28. The zero-order chi connectivity index (χ0) is 19.4. The molecule has 8 heteroatoms. The third-order valence-electron chi connectivity index (χ3n) is 4.02. The Bertz CT molecular complexity index is 861. The highest BCUT2D eigenvalue weighted by atomic mass is 16.6. The molecule has 0 fully saturated rings. The number of carbonyl (C=O) groups is 1. The van der Waals surface area contributed by atoms with Gasteiger partial charge in [-0.3, -0.25) is 10.1 Å². The Morgan fingerprint density at radius 3 is 2.08 bits per heavy atom. The first-order chi connectivity index (χ1) is 12.4. The summed E-state index contributed by atoms with van der Waals surface area (Å²) in [6.07, 6.45) is 0. The molecule has 138 valence electrons. The third-order valence-corrected chi connectivity index (χ3v) is 4.02. The fourth-order valence-corrected chi connectivity index (χ4v) is 2.81. The molecule has 0 radical (unpaired) electrons. The molecule has 2 rings (SSSR count). The molecule has 2 aromatic carbocycles. The van der Waals surface area contributed by atoms with Crippen molar-refractivity contribution in [2.45, 2.75) is 6.92 Å². The molecule has 0 heterocycles. The van der Waals surface area contributed by atoms with Crippen molar-refractivity contribution < 1.29 is 28.7 Å². The topological polar surface area (TPSA) is 97.1 Å². The second-order valence-corrected chi connectivity index (χ2v) is 5.26. The molecule has 0 saturated heterocycles. The van der Waals surface area contributed by atoms with Crippen LogP contribution in [-0.2, 0) is 4.74 Å². The molecule has 0 aliphatic rings. The van der Waals surface area contributed by atoms with Crippen molar-refractivity contribution in [3.8, 4) is 28.4 Å². The van der Waals surface area contributed by atoms with Crippen molar-refractivity contribution in [3.63, 3.8) is 0 Å². The first-order valence-corrected chi connectivity index (χ1v) is 7.56. The zero-order valence-corrected chi connectivity index (χ0v) is 15.1. The van der Waals surface area contributed by atoms with Crippen molar-refractivity contribution >= 4 is 11.7 Å². The number of nitrogens with zero attached hydrogens (tertiary/aromatic N) is 1. The van der Waals surface area contributed by atoms with E-state index in [1.807, 2.05) is 0 Å². The maximum absolute atomic E-state index is 12.4. The Morgan fingerprint density at radius 2 is 1.58 bits per heavy atom. The van der Waals surface area contributed by atoms with Gasteiger partial charge in [-0.25, -0.2) is 4.79 Å². The van der Waals surface area contributed by atoms with E-state index in [1.165, 1.54) is 47.5 Å². The summed E-state index contributed by atoms with van der Waals surface area (Å²) in [5, 5.41) is 11.3. The van der Waals surface area contributed by atoms with Crippen LogP contribution in [0.1, 0.15) is 15.9 Å². The Hall–Kier alpha value is -3.29. The summed E-state index contributed by atoms with van der Waals surface area (Å²) in [5.41, 5.74) is 0.883. The summed E-state index contributed by atoms with van der Waals surface area (Å²) in [4.78, 5) is 23.1. The maximum Gasteiger partial charge on any atom is 0.339 e. The molecule has 2 aromatic rings. The average Bonchev–Trinajstić information content (AvgIpc) is 2.65. The molecule has 0 N–H and O–H groups in total. The summed E-state index contributed by atoms with van der Waals surface area (Å²) < 4.78 is 21.0. The minimum absolute atomic E-state index is 0.0616. The smallest absolute Gasteiger partial charge is 0.339 e. The quantitative estimate of drug-likeness (QED) is 0.442. The minimum Gasteiger partial charge on any atom is -0.496 e. The SMILES string of the molecule is COC(=O)c1c(-c2c(OC)ccc(OC)c2OC)ccc([N+](=O)[O-])c1C. The summed E-state index contributed by atoms with van der Waals surface area (Å²) in [6, 6.07) is 6.12. The summed E-state index contributed by atoms with van der Waals surface area (Å²) in [7, 11) is 5.62. The van der Waals surface area contributed by atoms with Gasteiger partial charge in [0, 0.05) is 17.2 Å². The van der Waals surface area contributed by atoms with Crippen LogP contribution in [-0.4, -0.2) is 39.3 Å². The fourth-order valence-electron chi connectivity index (χ4n) is 2.81. The van der Waals surface area contributed by atoms with Gasteiger partial charge in [-0.2, -0.15) is 0 Å². The van der Waals surface area contributed by atoms with Crippen molar-refractivity contribution in [3.05, 3.63) is 45.5 Å². The van der Waals surface area contributed by atoms with Gasteiger partial charge in [0.2, 0.25) is 0 Å². The van der Waals surface area contributed by atoms with Gasteiger partial charge in [-0.1, -0.05) is 0 Å². The molecular weight excluding hydrogens is 342 g/mol. The Kier molecular flexibility index (Phi) is 5.66. The number of hydrogen-bond acceptors (Lipinski definition) is 7. The predicted molar refractivity (Wildman–Crippen MR) is 94.3 cm³/mol. The van der Waals surface area contributed by atoms with E-state index in [9.17, 15) is 14.9 Å². The largest absolute Gasteiger partial charge is 0.496 e. The average molecular weight is 361 g/mol. The molecule has 0 aliphatic heterocycles. The Morgan fingerprint density at radius 1 is 0.962 bits per heavy atom. The molecule has 0 amide bonds. The number of benzene rings is 2. The van der Waals surface area contributed by atoms with Crippen molar-refractivity contribution in [2.24, 2.45) is 0 Å². The van der Waals surface area contributed by atoms with E-state index in [0.29, 0.717) is 28.4 Å². The van der Waals surface area contributed by atoms with Gasteiger partial charge in [-0.15, -0.1) is 0 Å². The number of rotatable bonds is 6. The normalized spacial score (nSPS) is 10.2. The number of nitro groups is 1. The van der Waals surface area contributed by atoms with Crippen LogP contribution in [0.4, 0.5) is 5.69 Å². The molecule has 0 unspecified atom stereocenters. The number of esters is 1. The highest BCUT2D eigenvalue weighted by Crippen LogP contribution is 2.46. The first kappa shape index (κ1) is 19.0. The summed E-state index contributed by atoms with van der Waals surface area (Å²) in [5.74, 6) is 0.481. The molecular formula is C18H19NO7. The van der Waals surface area contributed by atoms with Gasteiger partial charge in [-0.05, 0) is 25.1 Å². The lowest BCUT2D eigenvalue weighted by molar-refractivity contribution is -0.385. The van der Waals surface area contributed by atoms with E-state index in [0.717, 1.165) is 0 Å². The van der Waals surface area contributed by atoms with Crippen molar-refractivity contribution in [1.29, 1.82) is 0 Å². The molecule has 0 saturated carbocycles. The van der Waals surface area contributed by atoms with E-state index in [1.54, 1.807) is 12.1 Å². The zero-order valence-electron chi connectivity index (χ0n) is 15.1. The van der Waals surface area contributed by atoms with E-state index >= 15 is 0 Å². The number of nitro benzene ring substituents is 1. The number of methoxy groups -OCH3 is 4. The standard InChI is InChI=1S/C18H19NO7/c1-10-12(19(21)22)7-6-11(15(10)18(20)26-5)16-13(23-2)8-9-14(24-3)17(16)25-4/h6-9H,1-5H3. The molecule has 8 nitrogen and oxygen atoms in total. The Balaban J connectivity index is 2.95. The number of hydrogen-bond donors (Lipinski definition) is 0. The van der Waals surface area contributed by atoms with Crippen LogP contribution in [0.15, 0.2) is 24.3 Å². The molecule has 0 spiro atoms. The maximum atomic E-state index is 12.4. The number of ether oxygens (including phenoxy) is 4. The molecule has 0 atom stereocenters. The molecule has 26 heavy (non-hydrogen) atoms. The van der Waals surface area contributed by atoms with Crippen LogP contribution < -0.4 is 14.2 Å². The lowest BCUT2D eigenvalue weighted by Gasteiger charge is -2.19. The lowest BCUT2D eigenvalue weighted by Crippen LogP contribution is -2.09. The van der Waals surface area contributed by atoms with Gasteiger partial charge in [0.05, 0.1) is 44.5 Å².